The Morgan fingerprint density at radius 2 is 1.61 bits per heavy atom. The summed E-state index contributed by atoms with van der Waals surface area (Å²) in [6.45, 7) is 5.53. The molecule has 3 rings (SSSR count). The minimum atomic E-state index is -3.86. The smallest absolute Gasteiger partial charge is 0.244 e. The minimum absolute atomic E-state index is 0.145. The highest BCUT2D eigenvalue weighted by Crippen LogP contribution is 2.28. The molecule has 3 aromatic rings. The third-order valence-electron chi connectivity index (χ3n) is 6.41. The largest absolute Gasteiger partial charge is 0.355 e. The predicted molar refractivity (Wildman–Crippen MR) is 153 cm³/mol. The number of aryl methyl sites for hydroxylation is 1. The second-order valence-electron chi connectivity index (χ2n) is 9.20. The number of rotatable bonds is 11. The van der Waals surface area contributed by atoms with Crippen molar-refractivity contribution in [3.8, 4) is 0 Å². The highest BCUT2D eigenvalue weighted by molar-refractivity contribution is 7.92. The van der Waals surface area contributed by atoms with Crippen LogP contribution in [0.5, 0.6) is 0 Å². The molecule has 202 valence electrons. The lowest BCUT2D eigenvalue weighted by atomic mass is 10.0. The second-order valence-corrected chi connectivity index (χ2v) is 11.5. The van der Waals surface area contributed by atoms with Gasteiger partial charge in [0.2, 0.25) is 21.8 Å². The van der Waals surface area contributed by atoms with Crippen molar-refractivity contribution in [3.63, 3.8) is 0 Å². The molecule has 1 atom stereocenters. The lowest BCUT2D eigenvalue weighted by Crippen LogP contribution is -2.53. The van der Waals surface area contributed by atoms with Crippen molar-refractivity contribution in [3.05, 3.63) is 100 Å². The lowest BCUT2D eigenvalue weighted by Gasteiger charge is -2.34. The van der Waals surface area contributed by atoms with Gasteiger partial charge in [0.1, 0.15) is 12.6 Å². The molecule has 0 saturated carbocycles. The van der Waals surface area contributed by atoms with Crippen LogP contribution in [-0.4, -0.2) is 50.5 Å². The standard InChI is InChI=1S/C29H34ClN3O4S/c1-5-31-29(35)27(18-23-13-7-6-8-14-23)32(19-24-15-10-9-12-21(24)2)28(34)20-33(38(4,36)37)26-17-11-16-25(30)22(26)3/h6-17,27H,5,18-20H2,1-4H3,(H,31,35)/t27-/m1/s1. The van der Waals surface area contributed by atoms with Gasteiger partial charge in [0.25, 0.3) is 0 Å². The molecule has 0 aliphatic carbocycles. The maximum absolute atomic E-state index is 14.0. The number of anilines is 1. The molecule has 2 amide bonds. The van der Waals surface area contributed by atoms with Crippen molar-refractivity contribution in [2.45, 2.75) is 39.8 Å². The number of halogens is 1. The van der Waals surface area contributed by atoms with Crippen LogP contribution >= 0.6 is 11.6 Å². The molecule has 0 bridgehead atoms. The maximum atomic E-state index is 14.0. The van der Waals surface area contributed by atoms with Crippen LogP contribution in [0.25, 0.3) is 0 Å². The molecule has 0 aromatic heterocycles. The first kappa shape index (κ1) is 29.2. The number of carbonyl (C=O) groups is 2. The summed E-state index contributed by atoms with van der Waals surface area (Å²) in [4.78, 5) is 28.9. The summed E-state index contributed by atoms with van der Waals surface area (Å²) in [5.41, 5.74) is 3.58. The fourth-order valence-corrected chi connectivity index (χ4v) is 5.35. The Balaban J connectivity index is 2.08. The first-order chi connectivity index (χ1) is 18.0. The molecule has 0 aliphatic rings. The van der Waals surface area contributed by atoms with Gasteiger partial charge >= 0.3 is 0 Å². The number of likely N-dealkylation sites (N-methyl/N-ethyl adjacent to an activating group) is 1. The zero-order valence-electron chi connectivity index (χ0n) is 22.1. The second kappa shape index (κ2) is 12.9. The van der Waals surface area contributed by atoms with Gasteiger partial charge in [-0.1, -0.05) is 72.3 Å². The Labute approximate surface area is 230 Å². The summed E-state index contributed by atoms with van der Waals surface area (Å²) in [7, 11) is -3.86. The summed E-state index contributed by atoms with van der Waals surface area (Å²) in [5, 5.41) is 3.24. The Morgan fingerprint density at radius 3 is 2.24 bits per heavy atom. The van der Waals surface area contributed by atoms with Crippen molar-refractivity contribution in [1.82, 2.24) is 10.2 Å². The van der Waals surface area contributed by atoms with Gasteiger partial charge in [-0.2, -0.15) is 0 Å². The Bertz CT molecular complexity index is 1380. The van der Waals surface area contributed by atoms with E-state index in [2.05, 4.69) is 5.32 Å². The van der Waals surface area contributed by atoms with Crippen molar-refractivity contribution < 1.29 is 18.0 Å². The minimum Gasteiger partial charge on any atom is -0.355 e. The van der Waals surface area contributed by atoms with Gasteiger partial charge in [-0.05, 0) is 55.2 Å². The Hall–Kier alpha value is -3.36. The van der Waals surface area contributed by atoms with Crippen LogP contribution in [0.1, 0.15) is 29.2 Å². The third-order valence-corrected chi connectivity index (χ3v) is 7.95. The first-order valence-corrected chi connectivity index (χ1v) is 14.6. The zero-order chi connectivity index (χ0) is 27.9. The van der Waals surface area contributed by atoms with Gasteiger partial charge in [-0.3, -0.25) is 13.9 Å². The number of hydrogen-bond acceptors (Lipinski definition) is 4. The molecule has 7 nitrogen and oxygen atoms in total. The fraction of sp³-hybridized carbons (Fsp3) is 0.310. The number of benzene rings is 3. The van der Waals surface area contributed by atoms with Crippen molar-refractivity contribution in [2.75, 3.05) is 23.7 Å². The molecular weight excluding hydrogens is 522 g/mol. The van der Waals surface area contributed by atoms with E-state index in [0.717, 1.165) is 27.3 Å². The maximum Gasteiger partial charge on any atom is 0.244 e. The van der Waals surface area contributed by atoms with Gasteiger partial charge < -0.3 is 10.2 Å². The van der Waals surface area contributed by atoms with Crippen LogP contribution < -0.4 is 9.62 Å². The molecular formula is C29H34ClN3O4S. The normalized spacial score (nSPS) is 12.0. The average molecular weight is 556 g/mol. The molecule has 38 heavy (non-hydrogen) atoms. The third kappa shape index (κ3) is 7.36. The first-order valence-electron chi connectivity index (χ1n) is 12.4. The molecule has 3 aromatic carbocycles. The van der Waals surface area contributed by atoms with Crippen LogP contribution in [0.15, 0.2) is 72.8 Å². The van der Waals surface area contributed by atoms with Crippen molar-refractivity contribution in [2.24, 2.45) is 0 Å². The fourth-order valence-electron chi connectivity index (χ4n) is 4.28. The summed E-state index contributed by atoms with van der Waals surface area (Å²) in [6.07, 6.45) is 1.33. The Morgan fingerprint density at radius 1 is 0.947 bits per heavy atom. The highest BCUT2D eigenvalue weighted by Gasteiger charge is 2.33. The average Bonchev–Trinajstić information content (AvgIpc) is 2.87. The molecule has 0 heterocycles. The van der Waals surface area contributed by atoms with E-state index in [1.54, 1.807) is 25.1 Å². The monoisotopic (exact) mass is 555 g/mol. The highest BCUT2D eigenvalue weighted by atomic mass is 35.5. The van der Waals surface area contributed by atoms with Crippen LogP contribution in [0, 0.1) is 13.8 Å². The molecule has 0 radical (unpaired) electrons. The molecule has 0 unspecified atom stereocenters. The SMILES string of the molecule is CCNC(=O)[C@@H](Cc1ccccc1)N(Cc1ccccc1C)C(=O)CN(c1cccc(Cl)c1C)S(C)(=O)=O. The van der Waals surface area contributed by atoms with E-state index in [4.69, 9.17) is 11.6 Å². The van der Waals surface area contributed by atoms with Crippen molar-refractivity contribution in [1.29, 1.82) is 0 Å². The van der Waals surface area contributed by atoms with E-state index in [1.165, 1.54) is 4.90 Å². The number of hydrogen-bond donors (Lipinski definition) is 1. The van der Waals surface area contributed by atoms with Gasteiger partial charge in [0, 0.05) is 24.5 Å². The van der Waals surface area contributed by atoms with Crippen molar-refractivity contribution >= 4 is 39.1 Å². The topological polar surface area (TPSA) is 86.8 Å². The number of nitrogens with zero attached hydrogens (tertiary/aromatic N) is 2. The van der Waals surface area contributed by atoms with Crippen LogP contribution in [0.2, 0.25) is 5.02 Å². The van der Waals surface area contributed by atoms with E-state index in [0.29, 0.717) is 22.8 Å². The predicted octanol–water partition coefficient (Wildman–Crippen LogP) is 4.50. The van der Waals surface area contributed by atoms with E-state index < -0.39 is 28.5 Å². The van der Waals surface area contributed by atoms with Crippen LogP contribution in [0.4, 0.5) is 5.69 Å². The van der Waals surface area contributed by atoms with Gasteiger partial charge in [-0.25, -0.2) is 8.42 Å². The summed E-state index contributed by atoms with van der Waals surface area (Å²) >= 11 is 6.28. The van der Waals surface area contributed by atoms with Crippen LogP contribution in [0.3, 0.4) is 0 Å². The van der Waals surface area contributed by atoms with Gasteiger partial charge in [0.05, 0.1) is 11.9 Å². The molecule has 0 aliphatic heterocycles. The van der Waals surface area contributed by atoms with Gasteiger partial charge in [0.15, 0.2) is 0 Å². The molecule has 0 fully saturated rings. The van der Waals surface area contributed by atoms with Crippen LogP contribution in [-0.2, 0) is 32.6 Å². The van der Waals surface area contributed by atoms with E-state index >= 15 is 0 Å². The number of sulfonamides is 1. The molecule has 0 spiro atoms. The molecule has 9 heteroatoms. The lowest BCUT2D eigenvalue weighted by molar-refractivity contribution is -0.140. The number of nitrogens with one attached hydrogen (secondary N) is 1. The van der Waals surface area contributed by atoms with E-state index in [-0.39, 0.29) is 18.9 Å². The quantitative estimate of drug-likeness (QED) is 0.377. The Kier molecular flexibility index (Phi) is 9.94. The zero-order valence-corrected chi connectivity index (χ0v) is 23.7. The summed E-state index contributed by atoms with van der Waals surface area (Å²) in [6, 6.07) is 21.2. The number of carbonyl (C=O) groups excluding carboxylic acids is 2. The molecule has 1 N–H and O–H groups in total. The number of amides is 2. The van der Waals surface area contributed by atoms with E-state index in [9.17, 15) is 18.0 Å². The van der Waals surface area contributed by atoms with Gasteiger partial charge in [-0.15, -0.1) is 0 Å². The summed E-state index contributed by atoms with van der Waals surface area (Å²) in [5.74, 6) is -0.798. The molecule has 0 saturated heterocycles. The summed E-state index contributed by atoms with van der Waals surface area (Å²) < 4.78 is 26.8. The van der Waals surface area contributed by atoms with E-state index in [1.807, 2.05) is 68.4 Å².